The van der Waals surface area contributed by atoms with Gasteiger partial charge in [-0.1, -0.05) is 68.4 Å². The van der Waals surface area contributed by atoms with E-state index < -0.39 is 10.9 Å². The van der Waals surface area contributed by atoms with Gasteiger partial charge >= 0.3 is 5.97 Å². The standard InChI is InChI=1S/C20H32O2.CH3NO2/c1-2-3-4-5-6-7-8-9-10-11-12-13-14-15-16-17-18-19-20(21)22;1-2(3)4/h6-7,9-10,12-13,15-16H,2-5,8,11,14,17-19H2,1H3,(H,21,22);1H3/b7-6-,10-9-,13-12-,16-15-;. The van der Waals surface area contributed by atoms with Gasteiger partial charge in [-0.05, 0) is 44.9 Å². The van der Waals surface area contributed by atoms with Crippen LogP contribution in [0, 0.1) is 10.1 Å². The number of rotatable bonds is 14. The molecule has 5 heteroatoms. The van der Waals surface area contributed by atoms with E-state index in [2.05, 4.69) is 55.5 Å². The van der Waals surface area contributed by atoms with Gasteiger partial charge < -0.3 is 5.11 Å². The van der Waals surface area contributed by atoms with Gasteiger partial charge in [0.2, 0.25) is 0 Å². The summed E-state index contributed by atoms with van der Waals surface area (Å²) in [6.45, 7) is 2.23. The summed E-state index contributed by atoms with van der Waals surface area (Å²) in [6.07, 6.45) is 27.3. The van der Waals surface area contributed by atoms with Gasteiger partial charge in [0.1, 0.15) is 0 Å². The molecule has 0 aliphatic rings. The highest BCUT2D eigenvalue weighted by atomic mass is 16.6. The first-order valence-corrected chi connectivity index (χ1v) is 9.40. The molecule has 0 saturated heterocycles. The van der Waals surface area contributed by atoms with Gasteiger partial charge in [0, 0.05) is 11.3 Å². The van der Waals surface area contributed by atoms with Crippen molar-refractivity contribution in [1.29, 1.82) is 0 Å². The van der Waals surface area contributed by atoms with Crippen molar-refractivity contribution in [2.75, 3.05) is 7.05 Å². The topological polar surface area (TPSA) is 80.4 Å². The molecule has 0 bridgehead atoms. The lowest BCUT2D eigenvalue weighted by Gasteiger charge is -1.90. The number of aliphatic carboxylic acids is 1. The first-order chi connectivity index (χ1) is 12.5. The summed E-state index contributed by atoms with van der Waals surface area (Å²) in [5, 5.41) is 17.3. The summed E-state index contributed by atoms with van der Waals surface area (Å²) in [7, 11) is 0.889. The highest BCUT2D eigenvalue weighted by Gasteiger charge is 1.92. The lowest BCUT2D eigenvalue weighted by atomic mass is 10.2. The van der Waals surface area contributed by atoms with Crippen molar-refractivity contribution in [2.24, 2.45) is 0 Å². The molecule has 0 heterocycles. The molecule has 0 saturated carbocycles. The Bertz CT molecular complexity index is 447. The van der Waals surface area contributed by atoms with E-state index in [9.17, 15) is 4.79 Å². The number of hydrogen-bond donors (Lipinski definition) is 1. The molecule has 0 atom stereocenters. The number of carboxylic acid groups (broad SMARTS) is 1. The van der Waals surface area contributed by atoms with Crippen molar-refractivity contribution in [3.05, 3.63) is 58.7 Å². The molecule has 0 rings (SSSR count). The zero-order chi connectivity index (χ0) is 19.9. The van der Waals surface area contributed by atoms with Crippen molar-refractivity contribution < 1.29 is 14.8 Å². The van der Waals surface area contributed by atoms with Gasteiger partial charge in [0.25, 0.3) is 0 Å². The highest BCUT2D eigenvalue weighted by Crippen LogP contribution is 2.01. The first kappa shape index (κ1) is 26.1. The predicted molar refractivity (Wildman–Crippen MR) is 109 cm³/mol. The second kappa shape index (κ2) is 22.8. The summed E-state index contributed by atoms with van der Waals surface area (Å²) in [4.78, 5) is 18.6. The number of carboxylic acids is 1. The lowest BCUT2D eigenvalue weighted by Crippen LogP contribution is -1.92. The zero-order valence-corrected chi connectivity index (χ0v) is 16.3. The summed E-state index contributed by atoms with van der Waals surface area (Å²) in [5.41, 5.74) is 0. The van der Waals surface area contributed by atoms with Crippen LogP contribution in [0.15, 0.2) is 48.6 Å². The molecule has 5 nitrogen and oxygen atoms in total. The van der Waals surface area contributed by atoms with Crippen LogP contribution in [0.3, 0.4) is 0 Å². The third-order valence-electron chi connectivity index (χ3n) is 3.22. The van der Waals surface area contributed by atoms with Gasteiger partial charge in [0.05, 0.1) is 0 Å². The predicted octanol–water partition coefficient (Wildman–Crippen LogP) is 6.11. The van der Waals surface area contributed by atoms with Crippen molar-refractivity contribution in [3.8, 4) is 0 Å². The van der Waals surface area contributed by atoms with Gasteiger partial charge in [-0.15, -0.1) is 0 Å². The van der Waals surface area contributed by atoms with E-state index in [0.29, 0.717) is 0 Å². The number of nitro groups is 1. The highest BCUT2D eigenvalue weighted by molar-refractivity contribution is 5.66. The van der Waals surface area contributed by atoms with Gasteiger partial charge in [-0.2, -0.15) is 0 Å². The SMILES string of the molecule is CCCCC/C=C\C/C=C\C/C=C\C/C=C\CCCC(=O)O.C[N+](=O)[O-]. The van der Waals surface area contributed by atoms with E-state index in [1.54, 1.807) is 0 Å². The van der Waals surface area contributed by atoms with Gasteiger partial charge in [-0.3, -0.25) is 14.9 Å². The Kier molecular flexibility index (Phi) is 22.9. The Hall–Kier alpha value is -2.17. The number of allylic oxidation sites excluding steroid dienone is 8. The van der Waals surface area contributed by atoms with Gasteiger partial charge in [0.15, 0.2) is 7.05 Å². The van der Waals surface area contributed by atoms with Crippen molar-refractivity contribution in [3.63, 3.8) is 0 Å². The lowest BCUT2D eigenvalue weighted by molar-refractivity contribution is -0.445. The third kappa shape index (κ3) is 33.4. The Balaban J connectivity index is 0. The molecule has 0 fully saturated rings. The maximum Gasteiger partial charge on any atom is 0.303 e. The fourth-order valence-corrected chi connectivity index (χ4v) is 1.93. The van der Waals surface area contributed by atoms with Crippen LogP contribution in [0.1, 0.15) is 71.1 Å². The molecule has 0 spiro atoms. The van der Waals surface area contributed by atoms with Crippen LogP contribution in [0.5, 0.6) is 0 Å². The molecule has 0 aliphatic carbocycles. The molecular formula is C21H35NO4. The average molecular weight is 366 g/mol. The molecule has 0 amide bonds. The van der Waals surface area contributed by atoms with E-state index in [-0.39, 0.29) is 6.42 Å². The maximum absolute atomic E-state index is 10.3. The third-order valence-corrected chi connectivity index (χ3v) is 3.22. The minimum absolute atomic E-state index is 0.262. The van der Waals surface area contributed by atoms with Crippen molar-refractivity contribution >= 4 is 5.97 Å². The van der Waals surface area contributed by atoms with Crippen molar-refractivity contribution in [2.45, 2.75) is 71.1 Å². The number of hydrogen-bond acceptors (Lipinski definition) is 3. The Morgan fingerprint density at radius 1 is 0.846 bits per heavy atom. The molecule has 26 heavy (non-hydrogen) atoms. The first-order valence-electron chi connectivity index (χ1n) is 9.40. The van der Waals surface area contributed by atoms with E-state index >= 15 is 0 Å². The van der Waals surface area contributed by atoms with E-state index in [4.69, 9.17) is 15.2 Å². The van der Waals surface area contributed by atoms with Crippen LogP contribution in [-0.2, 0) is 4.79 Å². The molecular weight excluding hydrogens is 330 g/mol. The largest absolute Gasteiger partial charge is 0.481 e. The van der Waals surface area contributed by atoms with E-state index in [1.165, 1.54) is 25.7 Å². The quantitative estimate of drug-likeness (QED) is 0.174. The fraction of sp³-hybridized carbons (Fsp3) is 0.571. The molecule has 0 radical (unpaired) electrons. The van der Waals surface area contributed by atoms with E-state index in [0.717, 1.165) is 39.2 Å². The molecule has 0 aromatic rings. The van der Waals surface area contributed by atoms with Crippen LogP contribution >= 0.6 is 0 Å². The molecule has 0 aromatic heterocycles. The Morgan fingerprint density at radius 3 is 1.62 bits per heavy atom. The Labute approximate surface area is 158 Å². The van der Waals surface area contributed by atoms with Crippen molar-refractivity contribution in [1.82, 2.24) is 0 Å². The molecule has 0 aliphatic heterocycles. The van der Waals surface area contributed by atoms with E-state index in [1.807, 2.05) is 0 Å². The normalized spacial score (nSPS) is 11.5. The number of nitrogens with zero attached hydrogens (tertiary/aromatic N) is 1. The number of unbranched alkanes of at least 4 members (excludes halogenated alkanes) is 4. The molecule has 148 valence electrons. The molecule has 1 N–H and O–H groups in total. The van der Waals surface area contributed by atoms with Crippen LogP contribution < -0.4 is 0 Å². The Morgan fingerprint density at radius 2 is 1.23 bits per heavy atom. The monoisotopic (exact) mass is 365 g/mol. The maximum atomic E-state index is 10.3. The fourth-order valence-electron chi connectivity index (χ4n) is 1.93. The summed E-state index contributed by atoms with van der Waals surface area (Å²) < 4.78 is 0. The summed E-state index contributed by atoms with van der Waals surface area (Å²) in [5.74, 6) is -0.712. The summed E-state index contributed by atoms with van der Waals surface area (Å²) >= 11 is 0. The van der Waals surface area contributed by atoms with Crippen LogP contribution in [0.25, 0.3) is 0 Å². The zero-order valence-electron chi connectivity index (χ0n) is 16.3. The molecule has 0 aromatic carbocycles. The molecule has 0 unspecified atom stereocenters. The summed E-state index contributed by atoms with van der Waals surface area (Å²) in [6, 6.07) is 0. The smallest absolute Gasteiger partial charge is 0.303 e. The second-order valence-corrected chi connectivity index (χ2v) is 5.81. The van der Waals surface area contributed by atoms with Crippen LogP contribution in [0.2, 0.25) is 0 Å². The second-order valence-electron chi connectivity index (χ2n) is 5.81. The van der Waals surface area contributed by atoms with Crippen LogP contribution in [-0.4, -0.2) is 23.0 Å². The minimum atomic E-state index is -0.712. The van der Waals surface area contributed by atoms with Gasteiger partial charge in [-0.25, -0.2) is 0 Å². The van der Waals surface area contributed by atoms with Crippen LogP contribution in [0.4, 0.5) is 0 Å². The number of carbonyl (C=O) groups is 1. The minimum Gasteiger partial charge on any atom is -0.481 e. The average Bonchev–Trinajstić information content (AvgIpc) is 2.57.